The summed E-state index contributed by atoms with van der Waals surface area (Å²) in [5, 5.41) is 3.03. The highest BCUT2D eigenvalue weighted by Crippen LogP contribution is 2.23. The summed E-state index contributed by atoms with van der Waals surface area (Å²) in [6.45, 7) is 15.3. The predicted octanol–water partition coefficient (Wildman–Crippen LogP) is 6.01. The normalized spacial score (nSPS) is 11.9. The van der Waals surface area contributed by atoms with Crippen LogP contribution in [0.2, 0.25) is 0 Å². The van der Waals surface area contributed by atoms with Crippen LogP contribution in [0.15, 0.2) is 42.5 Å². The van der Waals surface area contributed by atoms with Crippen molar-refractivity contribution >= 4 is 16.9 Å². The molecule has 0 aliphatic carbocycles. The maximum Gasteiger partial charge on any atom is 0.251 e. The largest absolute Gasteiger partial charge is 0.494 e. The smallest absolute Gasteiger partial charge is 0.251 e. The number of amides is 1. The number of fused-ring (bicyclic) bond motifs is 1. The van der Waals surface area contributed by atoms with Gasteiger partial charge < -0.3 is 19.4 Å². The van der Waals surface area contributed by atoms with E-state index in [2.05, 4.69) is 35.9 Å². The third-order valence-electron chi connectivity index (χ3n) is 6.16. The molecule has 2 aromatic carbocycles. The average molecular weight is 480 g/mol. The van der Waals surface area contributed by atoms with Crippen molar-refractivity contribution in [3.8, 4) is 5.75 Å². The van der Waals surface area contributed by atoms with Crippen LogP contribution in [0.3, 0.4) is 0 Å². The summed E-state index contributed by atoms with van der Waals surface area (Å²) in [6.07, 6.45) is 2.55. The van der Waals surface area contributed by atoms with Crippen LogP contribution in [0.4, 0.5) is 0 Å². The second-order valence-corrected chi connectivity index (χ2v) is 10.0. The van der Waals surface area contributed by atoms with Crippen LogP contribution in [0.5, 0.6) is 5.75 Å². The minimum Gasteiger partial charge on any atom is -0.494 e. The number of nitrogens with one attached hydrogen (secondary N) is 1. The van der Waals surface area contributed by atoms with Gasteiger partial charge in [0.2, 0.25) is 0 Å². The van der Waals surface area contributed by atoms with Gasteiger partial charge in [-0.1, -0.05) is 26.0 Å². The van der Waals surface area contributed by atoms with Gasteiger partial charge >= 0.3 is 0 Å². The van der Waals surface area contributed by atoms with Crippen molar-refractivity contribution in [1.82, 2.24) is 14.9 Å². The molecule has 1 aromatic heterocycles. The number of ether oxygens (including phenoxy) is 2. The fourth-order valence-corrected chi connectivity index (χ4v) is 4.19. The Morgan fingerprint density at radius 2 is 1.83 bits per heavy atom. The van der Waals surface area contributed by atoms with Gasteiger partial charge in [0.05, 0.1) is 23.2 Å². The number of carbonyl (C=O) groups excluding carboxylic acids is 1. The van der Waals surface area contributed by atoms with Gasteiger partial charge in [-0.15, -0.1) is 0 Å². The van der Waals surface area contributed by atoms with E-state index in [-0.39, 0.29) is 11.5 Å². The van der Waals surface area contributed by atoms with E-state index < -0.39 is 0 Å². The van der Waals surface area contributed by atoms with Crippen LogP contribution in [0.25, 0.3) is 11.0 Å². The molecule has 0 fully saturated rings. The van der Waals surface area contributed by atoms with E-state index in [1.807, 2.05) is 58.0 Å². The molecule has 0 aliphatic heterocycles. The lowest BCUT2D eigenvalue weighted by molar-refractivity contribution is -0.0153. The zero-order valence-corrected chi connectivity index (χ0v) is 22.2. The second-order valence-electron chi connectivity index (χ2n) is 10.0. The molecular weight excluding hydrogens is 438 g/mol. The monoisotopic (exact) mass is 479 g/mol. The van der Waals surface area contributed by atoms with Crippen LogP contribution >= 0.6 is 0 Å². The molecule has 1 amide bonds. The quantitative estimate of drug-likeness (QED) is 0.326. The van der Waals surface area contributed by atoms with E-state index in [0.29, 0.717) is 31.2 Å². The van der Waals surface area contributed by atoms with E-state index in [1.165, 1.54) is 5.56 Å². The van der Waals surface area contributed by atoms with Crippen LogP contribution < -0.4 is 10.1 Å². The Morgan fingerprint density at radius 3 is 2.49 bits per heavy atom. The lowest BCUT2D eigenvalue weighted by Gasteiger charge is -2.24. The van der Waals surface area contributed by atoms with Crippen molar-refractivity contribution in [3.63, 3.8) is 0 Å². The first-order valence-corrected chi connectivity index (χ1v) is 12.9. The molecule has 3 rings (SSSR count). The zero-order chi connectivity index (χ0) is 25.4. The summed E-state index contributed by atoms with van der Waals surface area (Å²) in [5.74, 6) is 2.41. The van der Waals surface area contributed by atoms with Crippen LogP contribution in [-0.2, 0) is 17.7 Å². The third-order valence-corrected chi connectivity index (χ3v) is 6.16. The molecule has 1 heterocycles. The number of nitrogens with zero attached hydrogens (tertiary/aromatic N) is 2. The Bertz CT molecular complexity index is 1100. The Labute approximate surface area is 210 Å². The Hall–Kier alpha value is -2.86. The molecule has 0 spiro atoms. The van der Waals surface area contributed by atoms with Crippen molar-refractivity contribution in [2.24, 2.45) is 5.92 Å². The van der Waals surface area contributed by atoms with Crippen LogP contribution in [-0.4, -0.2) is 40.8 Å². The molecule has 0 saturated carbocycles. The molecule has 190 valence electrons. The number of carbonyl (C=O) groups is 1. The molecule has 35 heavy (non-hydrogen) atoms. The Morgan fingerprint density at radius 1 is 1.09 bits per heavy atom. The average Bonchev–Trinajstić information content (AvgIpc) is 3.14. The van der Waals surface area contributed by atoms with Crippen molar-refractivity contribution < 1.29 is 14.3 Å². The van der Waals surface area contributed by atoms with Gasteiger partial charge in [-0.2, -0.15) is 0 Å². The summed E-state index contributed by atoms with van der Waals surface area (Å²) in [6, 6.07) is 14.1. The van der Waals surface area contributed by atoms with Crippen molar-refractivity contribution in [2.45, 2.75) is 73.0 Å². The summed E-state index contributed by atoms with van der Waals surface area (Å²) in [5.41, 5.74) is 3.49. The number of aryl methyl sites for hydroxylation is 1. The van der Waals surface area contributed by atoms with Gasteiger partial charge in [0.25, 0.3) is 5.91 Å². The first-order chi connectivity index (χ1) is 16.7. The van der Waals surface area contributed by atoms with Crippen molar-refractivity contribution in [1.29, 1.82) is 0 Å². The van der Waals surface area contributed by atoms with Gasteiger partial charge in [0, 0.05) is 31.7 Å². The second kappa shape index (κ2) is 12.2. The molecule has 6 nitrogen and oxygen atoms in total. The number of aromatic nitrogens is 2. The molecule has 1 N–H and O–H groups in total. The highest BCUT2D eigenvalue weighted by Gasteiger charge is 2.18. The molecule has 0 radical (unpaired) electrons. The standard InChI is InChI=1S/C29H41N3O3/c1-7-34-24-12-9-22(10-13-24)19-27-31-25-20-23(11-14-26(25)32(27)18-15-21(3)4)28(33)30-17-16-29(5,6)35-8-2/h9-14,20-21H,7-8,15-19H2,1-6H3,(H,30,33). The topological polar surface area (TPSA) is 65.4 Å². The number of benzene rings is 2. The van der Waals surface area contributed by atoms with E-state index in [9.17, 15) is 4.79 Å². The van der Waals surface area contributed by atoms with E-state index >= 15 is 0 Å². The SMILES string of the molecule is CCOc1ccc(Cc2nc3cc(C(=O)NCCC(C)(C)OCC)ccc3n2CCC(C)C)cc1. The minimum atomic E-state index is -0.253. The molecule has 6 heteroatoms. The van der Waals surface area contributed by atoms with Crippen molar-refractivity contribution in [2.75, 3.05) is 19.8 Å². The van der Waals surface area contributed by atoms with E-state index in [1.54, 1.807) is 0 Å². The highest BCUT2D eigenvalue weighted by molar-refractivity contribution is 5.97. The van der Waals surface area contributed by atoms with E-state index in [4.69, 9.17) is 14.5 Å². The summed E-state index contributed by atoms with van der Waals surface area (Å²) in [4.78, 5) is 17.8. The molecule has 3 aromatic rings. The highest BCUT2D eigenvalue weighted by atomic mass is 16.5. The molecule has 0 aliphatic rings. The summed E-state index contributed by atoms with van der Waals surface area (Å²) in [7, 11) is 0. The van der Waals surface area contributed by atoms with Gasteiger partial charge in [-0.25, -0.2) is 4.98 Å². The fraction of sp³-hybridized carbons (Fsp3) is 0.517. The molecule has 0 saturated heterocycles. The number of rotatable bonds is 13. The van der Waals surface area contributed by atoms with Gasteiger partial charge in [-0.05, 0) is 82.3 Å². The minimum absolute atomic E-state index is 0.0796. The van der Waals surface area contributed by atoms with Crippen LogP contribution in [0.1, 0.15) is 76.1 Å². The number of imidazole rings is 1. The Balaban J connectivity index is 1.80. The van der Waals surface area contributed by atoms with Gasteiger partial charge in [0.15, 0.2) is 0 Å². The number of hydrogen-bond donors (Lipinski definition) is 1. The van der Waals surface area contributed by atoms with Crippen LogP contribution in [0, 0.1) is 5.92 Å². The predicted molar refractivity (Wildman–Crippen MR) is 142 cm³/mol. The lowest BCUT2D eigenvalue weighted by atomic mass is 10.1. The Kier molecular flexibility index (Phi) is 9.33. The third kappa shape index (κ3) is 7.56. The van der Waals surface area contributed by atoms with Crippen molar-refractivity contribution in [3.05, 3.63) is 59.4 Å². The molecule has 0 bridgehead atoms. The maximum atomic E-state index is 12.8. The number of hydrogen-bond acceptors (Lipinski definition) is 4. The fourth-order valence-electron chi connectivity index (χ4n) is 4.19. The molecular formula is C29H41N3O3. The molecule has 0 atom stereocenters. The van der Waals surface area contributed by atoms with Gasteiger partial charge in [0.1, 0.15) is 11.6 Å². The first-order valence-electron chi connectivity index (χ1n) is 12.9. The van der Waals surface area contributed by atoms with Gasteiger partial charge in [-0.3, -0.25) is 4.79 Å². The maximum absolute atomic E-state index is 12.8. The summed E-state index contributed by atoms with van der Waals surface area (Å²) < 4.78 is 13.6. The summed E-state index contributed by atoms with van der Waals surface area (Å²) >= 11 is 0. The van der Waals surface area contributed by atoms with E-state index in [0.717, 1.165) is 48.4 Å². The zero-order valence-electron chi connectivity index (χ0n) is 22.2. The molecule has 0 unspecified atom stereocenters. The lowest BCUT2D eigenvalue weighted by Crippen LogP contribution is -2.32. The first kappa shape index (κ1) is 26.7.